The number of aromatic nitrogens is 1. The van der Waals surface area contributed by atoms with Gasteiger partial charge in [-0.3, -0.25) is 0 Å². The van der Waals surface area contributed by atoms with Gasteiger partial charge in [-0.1, -0.05) is 91.1 Å². The minimum absolute atomic E-state index is 0. The number of hydrogen-bond acceptors (Lipinski definition) is 1. The number of halogens is 3. The van der Waals surface area contributed by atoms with E-state index in [0.29, 0.717) is 22.6 Å². The van der Waals surface area contributed by atoms with Crippen LogP contribution in [0.5, 0.6) is 0 Å². The van der Waals surface area contributed by atoms with Crippen LogP contribution in [0.4, 0.5) is 0 Å². The number of hydrogen-bond donors (Lipinski definition) is 1. The lowest BCUT2D eigenvalue weighted by Gasteiger charge is -2.18. The number of nitrogens with zero attached hydrogens (tertiary/aromatic N) is 1. The van der Waals surface area contributed by atoms with Crippen molar-refractivity contribution in [3.05, 3.63) is 106 Å². The van der Waals surface area contributed by atoms with E-state index in [-0.39, 0.29) is 12.4 Å². The molecule has 0 aliphatic carbocycles. The van der Waals surface area contributed by atoms with E-state index in [1.54, 1.807) is 0 Å². The maximum absolute atomic E-state index is 6.43. The first-order valence-electron chi connectivity index (χ1n) is 10.4. The van der Waals surface area contributed by atoms with Crippen molar-refractivity contribution in [2.45, 2.75) is 38.9 Å². The predicted octanol–water partition coefficient (Wildman–Crippen LogP) is 4.63. The largest absolute Gasteiger partial charge is 1.00 e. The highest BCUT2D eigenvalue weighted by Crippen LogP contribution is 2.27. The average molecular weight is 473 g/mol. The molecule has 4 rings (SSSR count). The van der Waals surface area contributed by atoms with E-state index in [1.165, 1.54) is 22.0 Å². The monoisotopic (exact) mass is 471 g/mol. The van der Waals surface area contributed by atoms with E-state index in [2.05, 4.69) is 77.6 Å². The van der Waals surface area contributed by atoms with Crippen molar-refractivity contribution >= 4 is 34.1 Å². The molecule has 1 N–H and O–H groups in total. The lowest BCUT2D eigenvalue weighted by atomic mass is 10.0. The Morgan fingerprint density at radius 1 is 0.903 bits per heavy atom. The molecule has 0 spiro atoms. The quantitative estimate of drug-likeness (QED) is 0.395. The third-order valence-corrected chi connectivity index (χ3v) is 6.13. The van der Waals surface area contributed by atoms with E-state index in [4.69, 9.17) is 23.2 Å². The summed E-state index contributed by atoms with van der Waals surface area (Å²) in [4.78, 5) is 0. The second-order valence-electron chi connectivity index (χ2n) is 7.67. The molecule has 4 aromatic rings. The molecular formula is C26H26Cl3N2-. The summed E-state index contributed by atoms with van der Waals surface area (Å²) in [7, 11) is 0. The van der Waals surface area contributed by atoms with Crippen molar-refractivity contribution in [2.75, 3.05) is 0 Å². The van der Waals surface area contributed by atoms with Crippen LogP contribution in [-0.4, -0.2) is 4.57 Å². The van der Waals surface area contributed by atoms with Crippen molar-refractivity contribution < 1.29 is 12.4 Å². The normalized spacial score (nSPS) is 12.0. The van der Waals surface area contributed by atoms with Gasteiger partial charge in [0.2, 0.25) is 0 Å². The van der Waals surface area contributed by atoms with Crippen LogP contribution in [0.2, 0.25) is 10.0 Å². The Morgan fingerprint density at radius 3 is 2.39 bits per heavy atom. The van der Waals surface area contributed by atoms with Gasteiger partial charge in [0.1, 0.15) is 0 Å². The smallest absolute Gasteiger partial charge is 0.0491 e. The fraction of sp³-hybridized carbons (Fsp3) is 0.231. The molecule has 0 fully saturated rings. The zero-order chi connectivity index (χ0) is 20.9. The van der Waals surface area contributed by atoms with Crippen molar-refractivity contribution in [1.82, 2.24) is 9.88 Å². The molecule has 162 valence electrons. The number of nitrogens with one attached hydrogen (secondary N) is 1. The van der Waals surface area contributed by atoms with Gasteiger partial charge in [-0.05, 0) is 41.3 Å². The summed E-state index contributed by atoms with van der Waals surface area (Å²) in [6, 6.07) is 25.3. The summed E-state index contributed by atoms with van der Waals surface area (Å²) >= 11 is 12.5. The molecule has 0 aliphatic heterocycles. The molecule has 1 unspecified atom stereocenters. The Balaban J connectivity index is 0.00000272. The SMILES string of the molecule is CCCC(NCc1cn(Cc2ccc(Cl)cc2Cl)c2ccccc12)c1ccccc1.[Cl-]. The Morgan fingerprint density at radius 2 is 1.65 bits per heavy atom. The fourth-order valence-electron chi connectivity index (χ4n) is 4.02. The van der Waals surface area contributed by atoms with Crippen molar-refractivity contribution in [2.24, 2.45) is 0 Å². The van der Waals surface area contributed by atoms with Crippen LogP contribution in [0.25, 0.3) is 10.9 Å². The third kappa shape index (κ3) is 5.64. The van der Waals surface area contributed by atoms with Crippen molar-refractivity contribution in [3.63, 3.8) is 0 Å². The number of rotatable bonds is 8. The molecule has 1 heterocycles. The first-order valence-corrected chi connectivity index (χ1v) is 11.2. The molecule has 0 radical (unpaired) electrons. The van der Waals surface area contributed by atoms with Crippen LogP contribution < -0.4 is 17.7 Å². The second-order valence-corrected chi connectivity index (χ2v) is 8.51. The minimum atomic E-state index is 0. The molecule has 2 nitrogen and oxygen atoms in total. The molecule has 1 aromatic heterocycles. The maximum atomic E-state index is 6.43. The third-order valence-electron chi connectivity index (χ3n) is 5.55. The maximum Gasteiger partial charge on any atom is 0.0491 e. The lowest BCUT2D eigenvalue weighted by molar-refractivity contribution is -0.00000586. The molecule has 5 heteroatoms. The molecule has 0 aliphatic rings. The summed E-state index contributed by atoms with van der Waals surface area (Å²) in [6.45, 7) is 3.77. The molecule has 0 bridgehead atoms. The van der Waals surface area contributed by atoms with Gasteiger partial charge < -0.3 is 22.3 Å². The van der Waals surface area contributed by atoms with Gasteiger partial charge in [0.15, 0.2) is 0 Å². The molecule has 0 saturated carbocycles. The molecule has 0 amide bonds. The standard InChI is InChI=1S/C26H26Cl2N2.ClH/c1-2-8-25(19-9-4-3-5-10-19)29-16-21-18-30(26-12-7-6-11-23(21)26)17-20-13-14-22(27)15-24(20)28;/h3-7,9-15,18,25,29H,2,8,16-17H2,1H3;1H/p-1. The van der Waals surface area contributed by atoms with Crippen LogP contribution in [0.1, 0.15) is 42.5 Å². The molecule has 31 heavy (non-hydrogen) atoms. The summed E-state index contributed by atoms with van der Waals surface area (Å²) < 4.78 is 2.28. The number of para-hydroxylation sites is 1. The lowest BCUT2D eigenvalue weighted by Crippen LogP contribution is -3.00. The Labute approximate surface area is 200 Å². The number of benzene rings is 3. The average Bonchev–Trinajstić information content (AvgIpc) is 3.11. The Hall–Kier alpha value is -1.97. The van der Waals surface area contributed by atoms with E-state index >= 15 is 0 Å². The highest BCUT2D eigenvalue weighted by molar-refractivity contribution is 6.35. The summed E-state index contributed by atoms with van der Waals surface area (Å²) in [5, 5.41) is 6.42. The van der Waals surface area contributed by atoms with E-state index < -0.39 is 0 Å². The van der Waals surface area contributed by atoms with Crippen LogP contribution in [0.15, 0.2) is 79.0 Å². The van der Waals surface area contributed by atoms with Gasteiger partial charge >= 0.3 is 0 Å². The predicted molar refractivity (Wildman–Crippen MR) is 128 cm³/mol. The summed E-state index contributed by atoms with van der Waals surface area (Å²) in [5.74, 6) is 0. The second kappa shape index (κ2) is 11.1. The first-order chi connectivity index (χ1) is 14.7. The zero-order valence-electron chi connectivity index (χ0n) is 17.5. The van der Waals surface area contributed by atoms with Gasteiger partial charge in [0.25, 0.3) is 0 Å². The Kier molecular flexibility index (Phi) is 8.45. The zero-order valence-corrected chi connectivity index (χ0v) is 19.8. The molecule has 1 atom stereocenters. The van der Waals surface area contributed by atoms with Crippen LogP contribution >= 0.6 is 23.2 Å². The Bertz CT molecular complexity index is 1120. The number of fused-ring (bicyclic) bond motifs is 1. The van der Waals surface area contributed by atoms with E-state index in [0.717, 1.165) is 24.9 Å². The highest BCUT2D eigenvalue weighted by atomic mass is 35.5. The van der Waals surface area contributed by atoms with E-state index in [1.807, 2.05) is 18.2 Å². The van der Waals surface area contributed by atoms with Crippen molar-refractivity contribution in [3.8, 4) is 0 Å². The van der Waals surface area contributed by atoms with Gasteiger partial charge in [-0.25, -0.2) is 0 Å². The van der Waals surface area contributed by atoms with Crippen LogP contribution in [0, 0.1) is 0 Å². The van der Waals surface area contributed by atoms with Gasteiger partial charge in [-0.2, -0.15) is 0 Å². The molecular weight excluding hydrogens is 447 g/mol. The van der Waals surface area contributed by atoms with Gasteiger partial charge in [0.05, 0.1) is 0 Å². The van der Waals surface area contributed by atoms with Gasteiger partial charge in [0, 0.05) is 46.3 Å². The topological polar surface area (TPSA) is 17.0 Å². The van der Waals surface area contributed by atoms with Crippen LogP contribution in [-0.2, 0) is 13.1 Å². The van der Waals surface area contributed by atoms with Crippen molar-refractivity contribution in [1.29, 1.82) is 0 Å². The molecule has 0 saturated heterocycles. The molecule has 3 aromatic carbocycles. The van der Waals surface area contributed by atoms with E-state index in [9.17, 15) is 0 Å². The van der Waals surface area contributed by atoms with Gasteiger partial charge in [-0.15, -0.1) is 0 Å². The minimum Gasteiger partial charge on any atom is -1.00 e. The first kappa shape index (κ1) is 23.7. The summed E-state index contributed by atoms with van der Waals surface area (Å²) in [6.07, 6.45) is 4.50. The fourth-order valence-corrected chi connectivity index (χ4v) is 4.49. The van der Waals surface area contributed by atoms with Crippen LogP contribution in [0.3, 0.4) is 0 Å². The summed E-state index contributed by atoms with van der Waals surface area (Å²) in [5.41, 5.74) is 4.92. The highest BCUT2D eigenvalue weighted by Gasteiger charge is 2.13.